The van der Waals surface area contributed by atoms with Gasteiger partial charge in [-0.15, -0.1) is 0 Å². The Hall–Kier alpha value is -3.22. The smallest absolute Gasteiger partial charge is 0.252 e. The van der Waals surface area contributed by atoms with E-state index in [1.807, 2.05) is 18.2 Å². The lowest BCUT2D eigenvalue weighted by Crippen LogP contribution is -2.38. The Balaban J connectivity index is 1.44. The minimum atomic E-state index is -0.585. The van der Waals surface area contributed by atoms with Crippen LogP contribution in [-0.4, -0.2) is 56.1 Å². The number of hydrogen-bond donors (Lipinski definition) is 2. The van der Waals surface area contributed by atoms with Crippen LogP contribution in [0.15, 0.2) is 60.7 Å². The summed E-state index contributed by atoms with van der Waals surface area (Å²) in [6, 6.07) is 19.9. The molecule has 1 saturated heterocycles. The number of carbonyl (C=O) groups is 2. The Morgan fingerprint density at radius 3 is 2.50 bits per heavy atom. The molecule has 6 heteroatoms. The number of nitrogens with two attached hydrogens (primary N) is 1. The van der Waals surface area contributed by atoms with E-state index in [1.54, 1.807) is 12.1 Å². The Labute approximate surface area is 188 Å². The normalized spacial score (nSPS) is 14.4. The Kier molecular flexibility index (Phi) is 7.14. The van der Waals surface area contributed by atoms with Crippen molar-refractivity contribution in [1.82, 2.24) is 10.2 Å². The quantitative estimate of drug-likeness (QED) is 0.574. The molecule has 3 aromatic carbocycles. The second-order valence-electron chi connectivity index (χ2n) is 8.10. The van der Waals surface area contributed by atoms with Crippen molar-refractivity contribution in [1.29, 1.82) is 0 Å². The molecule has 4 rings (SSSR count). The number of hydrogen-bond acceptors (Lipinski definition) is 4. The molecular weight excluding hydrogens is 402 g/mol. The molecular formula is C26H29N3O3. The molecule has 3 N–H and O–H groups in total. The van der Waals surface area contributed by atoms with Gasteiger partial charge in [0.2, 0.25) is 5.91 Å². The predicted octanol–water partition coefficient (Wildman–Crippen LogP) is 2.79. The van der Waals surface area contributed by atoms with E-state index < -0.39 is 5.91 Å². The highest BCUT2D eigenvalue weighted by atomic mass is 16.5. The number of fused-ring (bicyclic) bond motifs is 1. The second kappa shape index (κ2) is 10.4. The zero-order valence-electron chi connectivity index (χ0n) is 18.2. The Bertz CT molecular complexity index is 1110. The van der Waals surface area contributed by atoms with Crippen molar-refractivity contribution >= 4 is 22.6 Å². The maximum absolute atomic E-state index is 13.1. The van der Waals surface area contributed by atoms with Crippen LogP contribution in [0.3, 0.4) is 0 Å². The molecule has 0 radical (unpaired) electrons. The molecule has 2 amide bonds. The number of morpholine rings is 1. The monoisotopic (exact) mass is 431 g/mol. The predicted molar refractivity (Wildman–Crippen MR) is 126 cm³/mol. The first-order valence-corrected chi connectivity index (χ1v) is 11.1. The number of carbonyl (C=O) groups excluding carboxylic acids is 2. The fourth-order valence-electron chi connectivity index (χ4n) is 4.19. The number of ether oxygens (including phenoxy) is 1. The number of nitrogens with one attached hydrogen (secondary N) is 1. The van der Waals surface area contributed by atoms with Gasteiger partial charge in [0.25, 0.3) is 5.91 Å². The van der Waals surface area contributed by atoms with Crippen LogP contribution >= 0.6 is 0 Å². The minimum absolute atomic E-state index is 0.253. The Morgan fingerprint density at radius 2 is 1.72 bits per heavy atom. The summed E-state index contributed by atoms with van der Waals surface area (Å²) in [6.45, 7) is 4.49. The average molecular weight is 432 g/mol. The van der Waals surface area contributed by atoms with Crippen LogP contribution in [0.2, 0.25) is 0 Å². The summed E-state index contributed by atoms with van der Waals surface area (Å²) in [5.41, 5.74) is 8.25. The Morgan fingerprint density at radius 1 is 0.938 bits per heavy atom. The van der Waals surface area contributed by atoms with Gasteiger partial charge < -0.3 is 15.8 Å². The van der Waals surface area contributed by atoms with Crippen molar-refractivity contribution in [2.45, 2.75) is 12.8 Å². The van der Waals surface area contributed by atoms with Crippen molar-refractivity contribution in [3.63, 3.8) is 0 Å². The first-order chi connectivity index (χ1) is 15.6. The van der Waals surface area contributed by atoms with Crippen LogP contribution in [0, 0.1) is 0 Å². The van der Waals surface area contributed by atoms with Gasteiger partial charge >= 0.3 is 0 Å². The van der Waals surface area contributed by atoms with E-state index in [1.165, 1.54) is 10.8 Å². The molecule has 0 spiro atoms. The first-order valence-electron chi connectivity index (χ1n) is 11.1. The van der Waals surface area contributed by atoms with Crippen LogP contribution in [0.25, 0.3) is 10.8 Å². The lowest BCUT2D eigenvalue weighted by atomic mass is 9.97. The lowest BCUT2D eigenvalue weighted by molar-refractivity contribution is 0.0384. The first kappa shape index (κ1) is 22.0. The van der Waals surface area contributed by atoms with E-state index in [9.17, 15) is 9.59 Å². The van der Waals surface area contributed by atoms with Gasteiger partial charge in [-0.3, -0.25) is 14.5 Å². The van der Waals surface area contributed by atoms with Gasteiger partial charge in [0.1, 0.15) is 0 Å². The van der Waals surface area contributed by atoms with E-state index in [0.29, 0.717) is 24.9 Å². The largest absolute Gasteiger partial charge is 0.379 e. The topological polar surface area (TPSA) is 84.7 Å². The highest BCUT2D eigenvalue weighted by molar-refractivity contribution is 6.07. The summed E-state index contributed by atoms with van der Waals surface area (Å²) in [7, 11) is 0. The summed E-state index contributed by atoms with van der Waals surface area (Å²) >= 11 is 0. The van der Waals surface area contributed by atoms with Crippen LogP contribution in [-0.2, 0) is 17.6 Å². The molecule has 0 aliphatic carbocycles. The molecule has 6 nitrogen and oxygen atoms in total. The molecule has 1 heterocycles. The van der Waals surface area contributed by atoms with Gasteiger partial charge in [0, 0.05) is 26.2 Å². The summed E-state index contributed by atoms with van der Waals surface area (Å²) in [5, 5.41) is 5.37. The van der Waals surface area contributed by atoms with Crippen LogP contribution in [0.5, 0.6) is 0 Å². The maximum atomic E-state index is 13.1. The zero-order valence-corrected chi connectivity index (χ0v) is 18.2. The van der Waals surface area contributed by atoms with E-state index in [-0.39, 0.29) is 11.5 Å². The van der Waals surface area contributed by atoms with Crippen LogP contribution in [0.1, 0.15) is 31.8 Å². The molecule has 1 fully saturated rings. The second-order valence-corrected chi connectivity index (χ2v) is 8.10. The molecule has 32 heavy (non-hydrogen) atoms. The third-order valence-electron chi connectivity index (χ3n) is 5.96. The van der Waals surface area contributed by atoms with Crippen molar-refractivity contribution in [3.05, 3.63) is 82.9 Å². The van der Waals surface area contributed by atoms with Crippen LogP contribution < -0.4 is 11.1 Å². The summed E-state index contributed by atoms with van der Waals surface area (Å²) < 4.78 is 5.40. The number of amides is 2. The standard InChI is InChI=1S/C26H29N3O3/c27-25(30)23-7-3-6-21(11-13-29-14-16-32-17-15-29)24(23)26(31)28-12-10-19-8-9-20-4-1-2-5-22(20)18-19/h1-9,18H,10-17H2,(H2,27,30)(H,28,31). The molecule has 1 aliphatic rings. The molecule has 0 bridgehead atoms. The van der Waals surface area contributed by atoms with Gasteiger partial charge in [0.15, 0.2) is 0 Å². The van der Waals surface area contributed by atoms with Crippen molar-refractivity contribution in [3.8, 4) is 0 Å². The molecule has 166 valence electrons. The summed E-state index contributed by atoms with van der Waals surface area (Å²) in [5.74, 6) is -0.838. The third-order valence-corrected chi connectivity index (χ3v) is 5.96. The fourth-order valence-corrected chi connectivity index (χ4v) is 4.19. The summed E-state index contributed by atoms with van der Waals surface area (Å²) in [4.78, 5) is 27.4. The van der Waals surface area contributed by atoms with Crippen LogP contribution in [0.4, 0.5) is 0 Å². The highest BCUT2D eigenvalue weighted by Crippen LogP contribution is 2.18. The average Bonchev–Trinajstić information content (AvgIpc) is 2.83. The number of primary amides is 1. The lowest BCUT2D eigenvalue weighted by Gasteiger charge is -2.26. The summed E-state index contributed by atoms with van der Waals surface area (Å²) in [6.07, 6.45) is 1.38. The molecule has 1 aliphatic heterocycles. The number of nitrogens with zero attached hydrogens (tertiary/aromatic N) is 1. The molecule has 0 saturated carbocycles. The number of rotatable bonds is 8. The van der Waals surface area contributed by atoms with Crippen molar-refractivity contribution < 1.29 is 14.3 Å². The van der Waals surface area contributed by atoms with Crippen molar-refractivity contribution in [2.75, 3.05) is 39.4 Å². The molecule has 3 aromatic rings. The van der Waals surface area contributed by atoms with E-state index in [4.69, 9.17) is 10.5 Å². The molecule has 0 atom stereocenters. The van der Waals surface area contributed by atoms with Gasteiger partial charge in [-0.05, 0) is 40.8 Å². The van der Waals surface area contributed by atoms with E-state index >= 15 is 0 Å². The van der Waals surface area contributed by atoms with Crippen molar-refractivity contribution in [2.24, 2.45) is 5.73 Å². The van der Waals surface area contributed by atoms with Gasteiger partial charge in [-0.25, -0.2) is 0 Å². The molecule has 0 aromatic heterocycles. The fraction of sp³-hybridized carbons (Fsp3) is 0.308. The van der Waals surface area contributed by atoms with Gasteiger partial charge in [0.05, 0.1) is 24.3 Å². The zero-order chi connectivity index (χ0) is 22.3. The van der Waals surface area contributed by atoms with Gasteiger partial charge in [-0.1, -0.05) is 54.6 Å². The van der Waals surface area contributed by atoms with E-state index in [2.05, 4.69) is 40.5 Å². The highest BCUT2D eigenvalue weighted by Gasteiger charge is 2.20. The maximum Gasteiger partial charge on any atom is 0.252 e. The SMILES string of the molecule is NC(=O)c1cccc(CCN2CCOCC2)c1C(=O)NCCc1ccc2ccccc2c1. The third kappa shape index (κ3) is 5.33. The minimum Gasteiger partial charge on any atom is -0.379 e. The van der Waals surface area contributed by atoms with E-state index in [0.717, 1.165) is 44.0 Å². The van der Waals surface area contributed by atoms with Gasteiger partial charge in [-0.2, -0.15) is 0 Å². The number of benzene rings is 3. The molecule has 0 unspecified atom stereocenters.